The number of carbonyl (C=O) groups excluding carboxylic acids is 1. The number of rotatable bonds is 3. The number of hydrogen-bond acceptors (Lipinski definition) is 4. The predicted octanol–water partition coefficient (Wildman–Crippen LogP) is 2.46. The average molecular weight is 346 g/mol. The van der Waals surface area contributed by atoms with E-state index in [0.29, 0.717) is 13.0 Å². The number of piperidine rings is 1. The number of aliphatic carboxylic acids is 1. The van der Waals surface area contributed by atoms with Crippen LogP contribution in [-0.4, -0.2) is 44.9 Å². The molecule has 6 nitrogen and oxygen atoms in total. The number of nitrogens with zero attached hydrogens (tertiary/aromatic N) is 3. The van der Waals surface area contributed by atoms with Gasteiger partial charge in [-0.3, -0.25) is 9.59 Å². The molecule has 0 bridgehead atoms. The van der Waals surface area contributed by atoms with Crippen molar-refractivity contribution in [1.29, 1.82) is 0 Å². The Labute approximate surface area is 144 Å². The van der Waals surface area contributed by atoms with E-state index in [1.807, 2.05) is 30.3 Å². The molecule has 0 spiro atoms. The lowest BCUT2D eigenvalue weighted by Gasteiger charge is -2.36. The Hall–Kier alpha value is -2.47. The maximum Gasteiger partial charge on any atom is 0.308 e. The lowest BCUT2D eigenvalue weighted by molar-refractivity contribution is -0.143. The number of halogens is 1. The van der Waals surface area contributed by atoms with Gasteiger partial charge in [0.1, 0.15) is 12.0 Å². The van der Waals surface area contributed by atoms with E-state index in [2.05, 4.69) is 9.97 Å². The Kier molecular flexibility index (Phi) is 4.76. The van der Waals surface area contributed by atoms with Crippen molar-refractivity contribution in [2.24, 2.45) is 5.92 Å². The second-order valence-corrected chi connectivity index (χ2v) is 6.22. The smallest absolute Gasteiger partial charge is 0.308 e. The molecule has 7 heteroatoms. The van der Waals surface area contributed by atoms with Crippen LogP contribution in [0.3, 0.4) is 0 Å². The summed E-state index contributed by atoms with van der Waals surface area (Å²) in [4.78, 5) is 33.5. The number of hydrogen-bond donors (Lipinski definition) is 1. The fraction of sp³-hybridized carbons (Fsp3) is 0.294. The van der Waals surface area contributed by atoms with Crippen LogP contribution in [0.15, 0.2) is 42.9 Å². The fourth-order valence-electron chi connectivity index (χ4n) is 3.03. The molecule has 0 unspecified atom stereocenters. The standard InChI is InChI=1S/C17H16ClN3O3/c18-14-7-19-10-20-15(14)16(22)21-8-12(6-13(9-21)17(23)24)11-4-2-1-3-5-11/h1-5,7,10,12-13H,6,8-9H2,(H,23,24)/t12-,13-/m1/s1. The number of benzene rings is 1. The molecule has 1 N–H and O–H groups in total. The average Bonchev–Trinajstić information content (AvgIpc) is 2.62. The van der Waals surface area contributed by atoms with Crippen molar-refractivity contribution < 1.29 is 14.7 Å². The van der Waals surface area contributed by atoms with Crippen molar-refractivity contribution in [1.82, 2.24) is 14.9 Å². The van der Waals surface area contributed by atoms with Gasteiger partial charge < -0.3 is 10.0 Å². The summed E-state index contributed by atoms with van der Waals surface area (Å²) < 4.78 is 0. The molecule has 1 fully saturated rings. The third-order valence-corrected chi connectivity index (χ3v) is 4.50. The maximum atomic E-state index is 12.7. The minimum absolute atomic E-state index is 0.0365. The Morgan fingerprint density at radius 1 is 1.21 bits per heavy atom. The SMILES string of the molecule is O=C(O)[C@@H]1C[C@@H](c2ccccc2)CN(C(=O)c2ncncc2Cl)C1. The van der Waals surface area contributed by atoms with Crippen molar-refractivity contribution in [3.05, 3.63) is 59.1 Å². The molecule has 24 heavy (non-hydrogen) atoms. The molecule has 1 saturated heterocycles. The number of carbonyl (C=O) groups is 2. The van der Waals surface area contributed by atoms with Crippen molar-refractivity contribution >= 4 is 23.5 Å². The minimum Gasteiger partial charge on any atom is -0.481 e. The number of likely N-dealkylation sites (tertiary alicyclic amines) is 1. The molecule has 3 rings (SSSR count). The van der Waals surface area contributed by atoms with Gasteiger partial charge in [0.15, 0.2) is 0 Å². The Balaban J connectivity index is 1.88. The van der Waals surface area contributed by atoms with Crippen LogP contribution in [0.5, 0.6) is 0 Å². The second kappa shape index (κ2) is 6.97. The highest BCUT2D eigenvalue weighted by Gasteiger charge is 2.35. The largest absolute Gasteiger partial charge is 0.481 e. The van der Waals surface area contributed by atoms with Gasteiger partial charge in [-0.25, -0.2) is 9.97 Å². The summed E-state index contributed by atoms with van der Waals surface area (Å²) in [5, 5.41) is 9.60. The minimum atomic E-state index is -0.901. The van der Waals surface area contributed by atoms with Gasteiger partial charge in [-0.15, -0.1) is 0 Å². The summed E-state index contributed by atoms with van der Waals surface area (Å²) in [7, 11) is 0. The third-order valence-electron chi connectivity index (χ3n) is 4.23. The number of carboxylic acids is 1. The normalized spacial score (nSPS) is 20.6. The zero-order valence-corrected chi connectivity index (χ0v) is 13.6. The monoisotopic (exact) mass is 345 g/mol. The van der Waals surface area contributed by atoms with E-state index in [4.69, 9.17) is 11.6 Å². The predicted molar refractivity (Wildman–Crippen MR) is 87.9 cm³/mol. The molecular weight excluding hydrogens is 330 g/mol. The van der Waals surface area contributed by atoms with Gasteiger partial charge in [0.25, 0.3) is 5.91 Å². The lowest BCUT2D eigenvalue weighted by atomic mass is 9.84. The zero-order valence-electron chi connectivity index (χ0n) is 12.8. The summed E-state index contributed by atoms with van der Waals surface area (Å²) in [5.41, 5.74) is 1.12. The van der Waals surface area contributed by atoms with Crippen LogP contribution in [0, 0.1) is 5.92 Å². The highest BCUT2D eigenvalue weighted by molar-refractivity contribution is 6.33. The van der Waals surface area contributed by atoms with Crippen molar-refractivity contribution in [2.75, 3.05) is 13.1 Å². The van der Waals surface area contributed by atoms with Crippen LogP contribution in [0.25, 0.3) is 0 Å². The molecule has 1 aromatic carbocycles. The fourth-order valence-corrected chi connectivity index (χ4v) is 3.22. The first kappa shape index (κ1) is 16.4. The van der Waals surface area contributed by atoms with Crippen LogP contribution >= 0.6 is 11.6 Å². The van der Waals surface area contributed by atoms with Gasteiger partial charge >= 0.3 is 5.97 Å². The van der Waals surface area contributed by atoms with Crippen molar-refractivity contribution in [3.63, 3.8) is 0 Å². The molecule has 1 aliphatic rings. The van der Waals surface area contributed by atoms with E-state index in [1.54, 1.807) is 0 Å². The zero-order chi connectivity index (χ0) is 17.1. The highest BCUT2D eigenvalue weighted by atomic mass is 35.5. The molecule has 2 aromatic rings. The number of carboxylic acid groups (broad SMARTS) is 1. The van der Waals surface area contributed by atoms with E-state index in [-0.39, 0.29) is 29.1 Å². The summed E-state index contributed by atoms with van der Waals surface area (Å²) in [6, 6.07) is 9.63. The first-order valence-electron chi connectivity index (χ1n) is 7.58. The molecule has 1 aliphatic heterocycles. The molecular formula is C17H16ClN3O3. The Morgan fingerprint density at radius 3 is 2.62 bits per heavy atom. The lowest BCUT2D eigenvalue weighted by Crippen LogP contribution is -2.45. The molecule has 1 aromatic heterocycles. The highest BCUT2D eigenvalue weighted by Crippen LogP contribution is 2.31. The molecule has 0 radical (unpaired) electrons. The summed E-state index contributed by atoms with van der Waals surface area (Å²) in [5.74, 6) is -1.92. The Bertz CT molecular complexity index is 754. The number of amides is 1. The van der Waals surface area contributed by atoms with E-state index < -0.39 is 11.9 Å². The van der Waals surface area contributed by atoms with Gasteiger partial charge in [0.05, 0.1) is 10.9 Å². The molecule has 124 valence electrons. The summed E-state index contributed by atoms with van der Waals surface area (Å²) >= 11 is 6.00. The van der Waals surface area contributed by atoms with Gasteiger partial charge in [0.2, 0.25) is 0 Å². The van der Waals surface area contributed by atoms with Crippen molar-refractivity contribution in [2.45, 2.75) is 12.3 Å². The van der Waals surface area contributed by atoms with Crippen LogP contribution in [0.1, 0.15) is 28.4 Å². The van der Waals surface area contributed by atoms with Crippen LogP contribution < -0.4 is 0 Å². The molecule has 2 atom stereocenters. The quantitative estimate of drug-likeness (QED) is 0.923. The maximum absolute atomic E-state index is 12.7. The van der Waals surface area contributed by atoms with Gasteiger partial charge in [-0.05, 0) is 12.0 Å². The van der Waals surface area contributed by atoms with E-state index in [0.717, 1.165) is 5.56 Å². The Morgan fingerprint density at radius 2 is 1.96 bits per heavy atom. The second-order valence-electron chi connectivity index (χ2n) is 5.81. The summed E-state index contributed by atoms with van der Waals surface area (Å²) in [6.07, 6.45) is 3.11. The van der Waals surface area contributed by atoms with Gasteiger partial charge in [-0.1, -0.05) is 41.9 Å². The van der Waals surface area contributed by atoms with Crippen molar-refractivity contribution in [3.8, 4) is 0 Å². The van der Waals surface area contributed by atoms with Crippen LogP contribution in [-0.2, 0) is 4.79 Å². The van der Waals surface area contributed by atoms with Crippen LogP contribution in [0.4, 0.5) is 0 Å². The van der Waals surface area contributed by atoms with E-state index in [9.17, 15) is 14.7 Å². The first-order chi connectivity index (χ1) is 11.6. The molecule has 2 heterocycles. The number of aromatic nitrogens is 2. The molecule has 1 amide bonds. The van der Waals surface area contributed by atoms with E-state index in [1.165, 1.54) is 17.4 Å². The third kappa shape index (κ3) is 3.38. The topological polar surface area (TPSA) is 83.4 Å². The molecule has 0 saturated carbocycles. The van der Waals surface area contributed by atoms with Gasteiger partial charge in [0, 0.05) is 25.2 Å². The molecule has 0 aliphatic carbocycles. The van der Waals surface area contributed by atoms with Crippen LogP contribution in [0.2, 0.25) is 5.02 Å². The van der Waals surface area contributed by atoms with E-state index >= 15 is 0 Å². The summed E-state index contributed by atoms with van der Waals surface area (Å²) in [6.45, 7) is 0.588. The van der Waals surface area contributed by atoms with Gasteiger partial charge in [-0.2, -0.15) is 0 Å². The first-order valence-corrected chi connectivity index (χ1v) is 7.96.